The number of carbonyl (C=O) groups excluding carboxylic acids is 3. The van der Waals surface area contributed by atoms with Gasteiger partial charge in [0.2, 0.25) is 17.7 Å². The minimum atomic E-state index is -1.63. The number of benzene rings is 1. The molecule has 4 unspecified atom stereocenters. The number of carboxylic acids is 2. The predicted molar refractivity (Wildman–Crippen MR) is 122 cm³/mol. The summed E-state index contributed by atoms with van der Waals surface area (Å²) in [6, 6.07) is 0.0761. The highest BCUT2D eigenvalue weighted by atomic mass is 16.4. The summed E-state index contributed by atoms with van der Waals surface area (Å²) in [5.74, 6) is -5.64. The van der Waals surface area contributed by atoms with Gasteiger partial charge in [0.05, 0.1) is 13.0 Å². The summed E-state index contributed by atoms with van der Waals surface area (Å²) in [6.07, 6.45) is -0.845. The Morgan fingerprint density at radius 3 is 1.86 bits per heavy atom. The van der Waals surface area contributed by atoms with Gasteiger partial charge in [-0.25, -0.2) is 4.79 Å². The van der Waals surface area contributed by atoms with Gasteiger partial charge in [0.1, 0.15) is 29.9 Å². The van der Waals surface area contributed by atoms with Crippen LogP contribution in [0.15, 0.2) is 24.3 Å². The molecule has 35 heavy (non-hydrogen) atoms. The highest BCUT2D eigenvalue weighted by Crippen LogP contribution is 2.13. The molecule has 13 heteroatoms. The predicted octanol–water partition coefficient (Wildman–Crippen LogP) is -1.69. The fraction of sp³-hybridized carbons (Fsp3) is 0.500. The van der Waals surface area contributed by atoms with E-state index in [1.807, 2.05) is 0 Å². The molecule has 0 aromatic heterocycles. The third kappa shape index (κ3) is 10.4. The highest BCUT2D eigenvalue weighted by Gasteiger charge is 2.31. The van der Waals surface area contributed by atoms with Crippen LogP contribution in [0.3, 0.4) is 0 Å². The second kappa shape index (κ2) is 13.9. The topological polar surface area (TPSA) is 228 Å². The lowest BCUT2D eigenvalue weighted by Crippen LogP contribution is -2.58. The van der Waals surface area contributed by atoms with Crippen molar-refractivity contribution in [2.45, 2.75) is 57.3 Å². The van der Waals surface area contributed by atoms with Crippen molar-refractivity contribution in [2.75, 3.05) is 6.61 Å². The van der Waals surface area contributed by atoms with Crippen LogP contribution in [-0.2, 0) is 30.4 Å². The van der Waals surface area contributed by atoms with E-state index >= 15 is 0 Å². The molecule has 0 saturated heterocycles. The monoisotopic (exact) mass is 496 g/mol. The summed E-state index contributed by atoms with van der Waals surface area (Å²) >= 11 is 0. The molecule has 0 fully saturated rings. The molecule has 4 atom stereocenters. The van der Waals surface area contributed by atoms with E-state index in [2.05, 4.69) is 16.0 Å². The summed E-state index contributed by atoms with van der Waals surface area (Å²) in [5, 5.41) is 43.9. The zero-order valence-corrected chi connectivity index (χ0v) is 19.4. The molecular weight excluding hydrogens is 464 g/mol. The van der Waals surface area contributed by atoms with Crippen molar-refractivity contribution >= 4 is 29.7 Å². The van der Waals surface area contributed by atoms with Crippen LogP contribution in [0.25, 0.3) is 0 Å². The second-order valence-corrected chi connectivity index (χ2v) is 8.41. The Bertz CT molecular complexity index is 905. The average molecular weight is 497 g/mol. The zero-order chi connectivity index (χ0) is 26.7. The number of phenolic OH excluding ortho intramolecular Hbond substituents is 1. The molecule has 0 aliphatic heterocycles. The number of hydrogen-bond acceptors (Lipinski definition) is 8. The minimum Gasteiger partial charge on any atom is -0.508 e. The lowest BCUT2D eigenvalue weighted by atomic mass is 10.0. The van der Waals surface area contributed by atoms with Gasteiger partial charge in [0, 0.05) is 6.42 Å². The zero-order valence-electron chi connectivity index (χ0n) is 19.4. The third-order valence-corrected chi connectivity index (χ3v) is 4.88. The smallest absolute Gasteiger partial charge is 0.326 e. The van der Waals surface area contributed by atoms with Crippen LogP contribution in [0.2, 0.25) is 0 Å². The first-order valence-electron chi connectivity index (χ1n) is 10.8. The second-order valence-electron chi connectivity index (χ2n) is 8.41. The molecule has 3 amide bonds. The van der Waals surface area contributed by atoms with Gasteiger partial charge in [0.25, 0.3) is 0 Å². The van der Waals surface area contributed by atoms with Gasteiger partial charge in [-0.2, -0.15) is 0 Å². The number of carbonyl (C=O) groups is 5. The number of amides is 3. The van der Waals surface area contributed by atoms with E-state index in [-0.39, 0.29) is 24.5 Å². The molecule has 0 heterocycles. The highest BCUT2D eigenvalue weighted by molar-refractivity contribution is 5.95. The number of aliphatic hydroxyl groups excluding tert-OH is 1. The molecule has 0 aliphatic rings. The number of hydrogen-bond donors (Lipinski definition) is 8. The Morgan fingerprint density at radius 2 is 1.37 bits per heavy atom. The van der Waals surface area contributed by atoms with E-state index in [0.29, 0.717) is 5.56 Å². The largest absolute Gasteiger partial charge is 0.508 e. The number of rotatable bonds is 14. The Labute approximate surface area is 201 Å². The van der Waals surface area contributed by atoms with Crippen molar-refractivity contribution < 1.29 is 44.4 Å². The molecular formula is C22H32N4O9. The maximum absolute atomic E-state index is 13.0. The molecule has 194 valence electrons. The average Bonchev–Trinajstić information content (AvgIpc) is 2.77. The molecule has 0 bridgehead atoms. The van der Waals surface area contributed by atoms with Crippen LogP contribution in [-0.4, -0.2) is 80.9 Å². The van der Waals surface area contributed by atoms with Gasteiger partial charge in [-0.1, -0.05) is 26.0 Å². The summed E-state index contributed by atoms with van der Waals surface area (Å²) in [4.78, 5) is 60.6. The number of phenols is 1. The maximum Gasteiger partial charge on any atom is 0.326 e. The van der Waals surface area contributed by atoms with E-state index in [9.17, 15) is 34.2 Å². The fourth-order valence-electron chi connectivity index (χ4n) is 3.06. The van der Waals surface area contributed by atoms with Gasteiger partial charge in [-0.3, -0.25) is 19.2 Å². The van der Waals surface area contributed by atoms with Crippen molar-refractivity contribution in [1.82, 2.24) is 16.0 Å². The van der Waals surface area contributed by atoms with Crippen molar-refractivity contribution in [3.8, 4) is 5.75 Å². The molecule has 0 saturated carbocycles. The number of aliphatic carboxylic acids is 2. The molecule has 9 N–H and O–H groups in total. The summed E-state index contributed by atoms with van der Waals surface area (Å²) in [7, 11) is 0. The fourth-order valence-corrected chi connectivity index (χ4v) is 3.06. The molecule has 1 rings (SSSR count). The molecule has 1 aromatic carbocycles. The normalized spacial score (nSPS) is 14.3. The van der Waals surface area contributed by atoms with Crippen LogP contribution in [0.4, 0.5) is 0 Å². The third-order valence-electron chi connectivity index (χ3n) is 4.88. The van der Waals surface area contributed by atoms with Crippen molar-refractivity contribution in [3.63, 3.8) is 0 Å². The van der Waals surface area contributed by atoms with Crippen LogP contribution < -0.4 is 21.7 Å². The van der Waals surface area contributed by atoms with Crippen LogP contribution >= 0.6 is 0 Å². The lowest BCUT2D eigenvalue weighted by Gasteiger charge is -2.25. The lowest BCUT2D eigenvalue weighted by molar-refractivity contribution is -0.143. The molecule has 0 aliphatic carbocycles. The van der Waals surface area contributed by atoms with Gasteiger partial charge in [-0.15, -0.1) is 0 Å². The maximum atomic E-state index is 13.0. The van der Waals surface area contributed by atoms with E-state index < -0.39 is 66.9 Å². The van der Waals surface area contributed by atoms with Crippen molar-refractivity contribution in [2.24, 2.45) is 11.7 Å². The number of aromatic hydroxyl groups is 1. The van der Waals surface area contributed by atoms with Gasteiger partial charge in [-0.05, 0) is 30.0 Å². The molecule has 1 aromatic rings. The number of aliphatic hydroxyl groups is 1. The Balaban J connectivity index is 3.16. The Kier molecular flexibility index (Phi) is 11.6. The number of carboxylic acid groups (broad SMARTS) is 2. The quantitative estimate of drug-likeness (QED) is 0.146. The summed E-state index contributed by atoms with van der Waals surface area (Å²) in [5.41, 5.74) is 5.90. The molecule has 13 nitrogen and oxygen atoms in total. The van der Waals surface area contributed by atoms with E-state index in [1.165, 1.54) is 24.3 Å². The van der Waals surface area contributed by atoms with Crippen molar-refractivity contribution in [3.05, 3.63) is 29.8 Å². The van der Waals surface area contributed by atoms with Gasteiger partial charge >= 0.3 is 11.9 Å². The van der Waals surface area contributed by atoms with Crippen molar-refractivity contribution in [1.29, 1.82) is 0 Å². The number of nitrogens with one attached hydrogen (secondary N) is 3. The summed E-state index contributed by atoms with van der Waals surface area (Å²) in [6.45, 7) is 2.80. The SMILES string of the molecule is CC(C)CC(NC(=O)C(Cc1ccc(O)cc1)NC(=O)C(CC(=O)O)NC(=O)C(N)CO)C(=O)O. The first-order chi connectivity index (χ1) is 16.3. The molecule has 0 spiro atoms. The van der Waals surface area contributed by atoms with E-state index in [1.54, 1.807) is 13.8 Å². The first kappa shape index (κ1) is 29.3. The first-order valence-corrected chi connectivity index (χ1v) is 10.8. The standard InChI is InChI=1S/C22H32N4O9/c1-11(2)7-17(22(34)35)26-20(32)15(8-12-3-5-13(28)6-4-12)25-21(33)16(9-18(29)30)24-19(31)14(23)10-27/h3-6,11,14-17,27-28H,7-10,23H2,1-2H3,(H,24,31)(H,25,33)(H,26,32)(H,29,30)(H,34,35). The van der Waals surface area contributed by atoms with E-state index in [0.717, 1.165) is 0 Å². The van der Waals surface area contributed by atoms with Gasteiger partial charge < -0.3 is 42.1 Å². The Morgan fingerprint density at radius 1 is 0.857 bits per heavy atom. The Hall–Kier alpha value is -3.71. The summed E-state index contributed by atoms with van der Waals surface area (Å²) < 4.78 is 0. The van der Waals surface area contributed by atoms with Crippen LogP contribution in [0.1, 0.15) is 32.3 Å². The van der Waals surface area contributed by atoms with E-state index in [4.69, 9.17) is 15.9 Å². The van der Waals surface area contributed by atoms with Crippen LogP contribution in [0.5, 0.6) is 5.75 Å². The van der Waals surface area contributed by atoms with Gasteiger partial charge in [0.15, 0.2) is 0 Å². The minimum absolute atomic E-state index is 0.0360. The van der Waals surface area contributed by atoms with Crippen LogP contribution in [0, 0.1) is 5.92 Å². The number of nitrogens with two attached hydrogens (primary N) is 1. The molecule has 0 radical (unpaired) electrons.